The fourth-order valence-electron chi connectivity index (χ4n) is 2.51. The SMILES string of the molecule is COc1ccc(CCC(=O)NCCOc2ccccc2C)cc1C. The number of ether oxygens (including phenoxy) is 2. The van der Waals surface area contributed by atoms with Gasteiger partial charge in [0.25, 0.3) is 0 Å². The predicted molar refractivity (Wildman–Crippen MR) is 95.7 cm³/mol. The second-order valence-electron chi connectivity index (χ2n) is 5.77. The van der Waals surface area contributed by atoms with Crippen LogP contribution in [0.25, 0.3) is 0 Å². The van der Waals surface area contributed by atoms with Crippen LogP contribution >= 0.6 is 0 Å². The van der Waals surface area contributed by atoms with Gasteiger partial charge >= 0.3 is 0 Å². The number of amides is 1. The molecule has 0 radical (unpaired) electrons. The zero-order valence-corrected chi connectivity index (χ0v) is 14.6. The van der Waals surface area contributed by atoms with Crippen molar-refractivity contribution in [2.45, 2.75) is 26.7 Å². The third kappa shape index (κ3) is 5.30. The maximum atomic E-state index is 11.9. The molecule has 1 N–H and O–H groups in total. The predicted octanol–water partition coefficient (Wildman–Crippen LogP) is 3.44. The Hall–Kier alpha value is -2.49. The first-order valence-electron chi connectivity index (χ1n) is 8.19. The summed E-state index contributed by atoms with van der Waals surface area (Å²) in [6.07, 6.45) is 1.19. The number of carbonyl (C=O) groups excluding carboxylic acids is 1. The van der Waals surface area contributed by atoms with E-state index in [1.54, 1.807) is 7.11 Å². The maximum absolute atomic E-state index is 11.9. The molecule has 0 aliphatic carbocycles. The number of benzene rings is 2. The van der Waals surface area contributed by atoms with E-state index >= 15 is 0 Å². The van der Waals surface area contributed by atoms with Crippen molar-refractivity contribution in [3.8, 4) is 11.5 Å². The van der Waals surface area contributed by atoms with Crippen molar-refractivity contribution in [3.63, 3.8) is 0 Å². The molecule has 0 saturated heterocycles. The van der Waals surface area contributed by atoms with Crippen LogP contribution < -0.4 is 14.8 Å². The first kappa shape index (κ1) is 17.9. The van der Waals surface area contributed by atoms with Gasteiger partial charge in [-0.1, -0.05) is 30.3 Å². The van der Waals surface area contributed by atoms with Gasteiger partial charge in [0, 0.05) is 6.42 Å². The van der Waals surface area contributed by atoms with E-state index in [4.69, 9.17) is 9.47 Å². The Labute approximate surface area is 143 Å². The lowest BCUT2D eigenvalue weighted by molar-refractivity contribution is -0.121. The molecule has 0 heterocycles. The largest absolute Gasteiger partial charge is 0.496 e. The molecule has 0 saturated carbocycles. The van der Waals surface area contributed by atoms with E-state index in [-0.39, 0.29) is 5.91 Å². The smallest absolute Gasteiger partial charge is 0.220 e. The number of hydrogen-bond donors (Lipinski definition) is 1. The molecule has 4 heteroatoms. The zero-order valence-electron chi connectivity index (χ0n) is 14.6. The van der Waals surface area contributed by atoms with Crippen molar-refractivity contribution >= 4 is 5.91 Å². The van der Waals surface area contributed by atoms with E-state index in [0.29, 0.717) is 19.6 Å². The summed E-state index contributed by atoms with van der Waals surface area (Å²) in [7, 11) is 1.66. The highest BCUT2D eigenvalue weighted by Gasteiger charge is 2.05. The Balaban J connectivity index is 1.68. The van der Waals surface area contributed by atoms with Crippen molar-refractivity contribution < 1.29 is 14.3 Å². The highest BCUT2D eigenvalue weighted by Crippen LogP contribution is 2.19. The Kier molecular flexibility index (Phi) is 6.67. The fourth-order valence-corrected chi connectivity index (χ4v) is 2.51. The van der Waals surface area contributed by atoms with Crippen molar-refractivity contribution in [1.82, 2.24) is 5.32 Å². The molecule has 2 rings (SSSR count). The molecule has 4 nitrogen and oxygen atoms in total. The van der Waals surface area contributed by atoms with Crippen molar-refractivity contribution in [3.05, 3.63) is 59.2 Å². The van der Waals surface area contributed by atoms with Crippen LogP contribution in [0.4, 0.5) is 0 Å². The van der Waals surface area contributed by atoms with Crippen molar-refractivity contribution in [1.29, 1.82) is 0 Å². The van der Waals surface area contributed by atoms with Crippen molar-refractivity contribution in [2.75, 3.05) is 20.3 Å². The van der Waals surface area contributed by atoms with Gasteiger partial charge < -0.3 is 14.8 Å². The van der Waals surface area contributed by atoms with Crippen LogP contribution in [0, 0.1) is 13.8 Å². The summed E-state index contributed by atoms with van der Waals surface area (Å²) in [5.74, 6) is 1.77. The lowest BCUT2D eigenvalue weighted by Crippen LogP contribution is -2.28. The van der Waals surface area contributed by atoms with Crippen LogP contribution in [0.15, 0.2) is 42.5 Å². The summed E-state index contributed by atoms with van der Waals surface area (Å²) in [5.41, 5.74) is 3.32. The molecule has 0 aliphatic heterocycles. The number of para-hydroxylation sites is 1. The number of aryl methyl sites for hydroxylation is 3. The average Bonchev–Trinajstić information content (AvgIpc) is 2.58. The molecule has 0 spiro atoms. The molecule has 0 unspecified atom stereocenters. The third-order valence-electron chi connectivity index (χ3n) is 3.88. The summed E-state index contributed by atoms with van der Waals surface area (Å²) in [4.78, 5) is 11.9. The van der Waals surface area contributed by atoms with E-state index < -0.39 is 0 Å². The van der Waals surface area contributed by atoms with Gasteiger partial charge in [0.05, 0.1) is 13.7 Å². The Morgan fingerprint density at radius 1 is 1.04 bits per heavy atom. The number of carbonyl (C=O) groups is 1. The fraction of sp³-hybridized carbons (Fsp3) is 0.350. The zero-order chi connectivity index (χ0) is 17.4. The molecular formula is C20H25NO3. The lowest BCUT2D eigenvalue weighted by Gasteiger charge is -2.10. The summed E-state index contributed by atoms with van der Waals surface area (Å²) < 4.78 is 10.9. The number of nitrogens with one attached hydrogen (secondary N) is 1. The molecule has 128 valence electrons. The van der Waals surface area contributed by atoms with Gasteiger partial charge in [-0.25, -0.2) is 0 Å². The lowest BCUT2D eigenvalue weighted by atomic mass is 10.1. The summed E-state index contributed by atoms with van der Waals surface area (Å²) in [6, 6.07) is 13.9. The van der Waals surface area contributed by atoms with E-state index in [9.17, 15) is 4.79 Å². The molecule has 0 bridgehead atoms. The van der Waals surface area contributed by atoms with Gasteiger partial charge in [0.15, 0.2) is 0 Å². The standard InChI is InChI=1S/C20H25NO3/c1-15-6-4-5-7-19(15)24-13-12-21-20(22)11-9-17-8-10-18(23-3)16(2)14-17/h4-8,10,14H,9,11-13H2,1-3H3,(H,21,22). The van der Waals surface area contributed by atoms with E-state index in [1.807, 2.05) is 50.2 Å². The van der Waals surface area contributed by atoms with Gasteiger partial charge in [0.2, 0.25) is 5.91 Å². The number of rotatable bonds is 8. The van der Waals surface area contributed by atoms with Crippen LogP contribution in [0.2, 0.25) is 0 Å². The van der Waals surface area contributed by atoms with E-state index in [2.05, 4.69) is 11.4 Å². The highest BCUT2D eigenvalue weighted by atomic mass is 16.5. The van der Waals surface area contributed by atoms with E-state index in [0.717, 1.165) is 34.6 Å². The minimum Gasteiger partial charge on any atom is -0.496 e. The first-order chi connectivity index (χ1) is 11.6. The van der Waals surface area contributed by atoms with Crippen LogP contribution in [-0.4, -0.2) is 26.2 Å². The second kappa shape index (κ2) is 8.96. The molecule has 0 atom stereocenters. The summed E-state index contributed by atoms with van der Waals surface area (Å²) in [6.45, 7) is 4.99. The Morgan fingerprint density at radius 2 is 1.83 bits per heavy atom. The molecule has 0 fully saturated rings. The quantitative estimate of drug-likeness (QED) is 0.756. The van der Waals surface area contributed by atoms with E-state index in [1.165, 1.54) is 0 Å². The van der Waals surface area contributed by atoms with Gasteiger partial charge in [-0.3, -0.25) is 4.79 Å². The Morgan fingerprint density at radius 3 is 2.54 bits per heavy atom. The summed E-state index contributed by atoms with van der Waals surface area (Å²) in [5, 5.41) is 2.89. The molecule has 2 aromatic rings. The van der Waals surface area contributed by atoms with Gasteiger partial charge in [-0.15, -0.1) is 0 Å². The van der Waals surface area contributed by atoms with Crippen LogP contribution in [0.1, 0.15) is 23.1 Å². The minimum absolute atomic E-state index is 0.0388. The van der Waals surface area contributed by atoms with Gasteiger partial charge in [0.1, 0.15) is 18.1 Å². The van der Waals surface area contributed by atoms with Crippen LogP contribution in [-0.2, 0) is 11.2 Å². The summed E-state index contributed by atoms with van der Waals surface area (Å²) >= 11 is 0. The second-order valence-corrected chi connectivity index (χ2v) is 5.77. The average molecular weight is 327 g/mol. The molecule has 2 aromatic carbocycles. The minimum atomic E-state index is 0.0388. The number of methoxy groups -OCH3 is 1. The monoisotopic (exact) mass is 327 g/mol. The Bertz CT molecular complexity index is 682. The third-order valence-corrected chi connectivity index (χ3v) is 3.88. The maximum Gasteiger partial charge on any atom is 0.220 e. The number of hydrogen-bond acceptors (Lipinski definition) is 3. The molecular weight excluding hydrogens is 302 g/mol. The highest BCUT2D eigenvalue weighted by molar-refractivity contribution is 5.76. The molecule has 1 amide bonds. The van der Waals surface area contributed by atoms with Crippen LogP contribution in [0.5, 0.6) is 11.5 Å². The van der Waals surface area contributed by atoms with Crippen LogP contribution in [0.3, 0.4) is 0 Å². The molecule has 0 aliphatic rings. The van der Waals surface area contributed by atoms with Crippen molar-refractivity contribution in [2.24, 2.45) is 0 Å². The molecule has 0 aromatic heterocycles. The normalized spacial score (nSPS) is 10.3. The van der Waals surface area contributed by atoms with Gasteiger partial charge in [-0.05, 0) is 49.1 Å². The van der Waals surface area contributed by atoms with Gasteiger partial charge in [-0.2, -0.15) is 0 Å². The topological polar surface area (TPSA) is 47.6 Å². The first-order valence-corrected chi connectivity index (χ1v) is 8.19. The molecule has 24 heavy (non-hydrogen) atoms.